The Bertz CT molecular complexity index is 109. The fourth-order valence-corrected chi connectivity index (χ4v) is 1.32. The number of nitrogens with one attached hydrogen (secondary N) is 1. The summed E-state index contributed by atoms with van der Waals surface area (Å²) >= 11 is 0. The van der Waals surface area contributed by atoms with Crippen LogP contribution in [0.15, 0.2) is 0 Å². The lowest BCUT2D eigenvalue weighted by atomic mass is 9.98. The van der Waals surface area contributed by atoms with E-state index in [1.165, 1.54) is 52.4 Å². The Morgan fingerprint density at radius 3 is 2.31 bits per heavy atom. The zero-order chi connectivity index (χ0) is 9.78. The first-order valence-corrected chi connectivity index (χ1v) is 5.42. The van der Waals surface area contributed by atoms with E-state index >= 15 is 0 Å². The predicted octanol–water partition coefficient (Wildman–Crippen LogP) is 2.14. The minimum Gasteiger partial charge on any atom is -0.354 e. The topological polar surface area (TPSA) is 29.1 Å². The van der Waals surface area contributed by atoms with Crippen molar-refractivity contribution >= 4 is 13.6 Å². The van der Waals surface area contributed by atoms with Crippen molar-refractivity contribution < 1.29 is 4.79 Å². The van der Waals surface area contributed by atoms with Crippen molar-refractivity contribution in [1.29, 1.82) is 0 Å². The maximum atomic E-state index is 9.89. The molecule has 1 radical (unpaired) electrons. The lowest BCUT2D eigenvalue weighted by Gasteiger charge is -2.00. The van der Waals surface area contributed by atoms with E-state index in [0.29, 0.717) is 0 Å². The van der Waals surface area contributed by atoms with E-state index in [1.54, 1.807) is 0 Å². The Hall–Kier alpha value is -0.305. The Morgan fingerprint density at radius 2 is 1.69 bits per heavy atom. The molecule has 75 valence electrons. The average molecular weight is 182 g/mol. The first-order valence-electron chi connectivity index (χ1n) is 5.42. The minimum atomic E-state index is 0.793. The lowest BCUT2D eigenvalue weighted by molar-refractivity contribution is 0.566. The molecule has 0 spiro atoms. The van der Waals surface area contributed by atoms with Crippen molar-refractivity contribution in [2.45, 2.75) is 51.9 Å². The molecule has 13 heavy (non-hydrogen) atoms. The summed E-state index contributed by atoms with van der Waals surface area (Å²) in [5.74, 6) is 0. The molecule has 0 aromatic rings. The van der Waals surface area contributed by atoms with Crippen LogP contribution in [0.25, 0.3) is 0 Å². The first-order chi connectivity index (χ1) is 6.41. The molecule has 0 aliphatic carbocycles. The van der Waals surface area contributed by atoms with Crippen LogP contribution < -0.4 is 5.23 Å². The largest absolute Gasteiger partial charge is 0.354 e. The highest BCUT2D eigenvalue weighted by Gasteiger charge is 1.91. The highest BCUT2D eigenvalue weighted by atomic mass is 16.1. The molecule has 0 heterocycles. The second kappa shape index (κ2) is 11.7. The van der Waals surface area contributed by atoms with E-state index in [1.807, 2.05) is 0 Å². The van der Waals surface area contributed by atoms with Crippen molar-refractivity contribution in [2.24, 2.45) is 0 Å². The van der Waals surface area contributed by atoms with Crippen molar-refractivity contribution in [3.8, 4) is 0 Å². The van der Waals surface area contributed by atoms with Gasteiger partial charge in [-0.25, -0.2) is 0 Å². The number of carbonyl (C=O) groups is 1. The van der Waals surface area contributed by atoms with Gasteiger partial charge in [-0.1, -0.05) is 45.4 Å². The van der Waals surface area contributed by atoms with Crippen LogP contribution in [0.1, 0.15) is 51.9 Å². The molecule has 0 bridgehead atoms. The number of hydrogen-bond donors (Lipinski definition) is 1. The number of carbonyl (C=O) groups excluding carboxylic acids is 1. The molecule has 0 saturated heterocycles. The molecule has 0 saturated carbocycles. The molecule has 0 unspecified atom stereocenters. The fraction of sp³-hybridized carbons (Fsp3) is 0.900. The van der Waals surface area contributed by atoms with Crippen LogP contribution >= 0.6 is 0 Å². The van der Waals surface area contributed by atoms with E-state index in [-0.39, 0.29) is 0 Å². The lowest BCUT2D eigenvalue weighted by Crippen LogP contribution is -2.21. The van der Waals surface area contributed by atoms with Crippen LogP contribution in [0.3, 0.4) is 0 Å². The molecule has 0 rings (SSSR count). The molecular formula is C10H21BNO. The standard InChI is InChI=1S/C10H21BNO/c1-2-3-4-5-6-7-8-9-12-11-10-13/h10,12H,2-9H2,1H3. The van der Waals surface area contributed by atoms with Crippen molar-refractivity contribution in [3.63, 3.8) is 0 Å². The second-order valence-corrected chi connectivity index (χ2v) is 3.38. The molecule has 0 fully saturated rings. The van der Waals surface area contributed by atoms with Gasteiger partial charge in [0.15, 0.2) is 0 Å². The third kappa shape index (κ3) is 11.7. The Morgan fingerprint density at radius 1 is 1.08 bits per heavy atom. The predicted molar refractivity (Wildman–Crippen MR) is 58.5 cm³/mol. The number of unbranched alkanes of at least 4 members (excludes halogenated alkanes) is 6. The van der Waals surface area contributed by atoms with E-state index in [2.05, 4.69) is 12.2 Å². The summed E-state index contributed by atoms with van der Waals surface area (Å²) in [6, 6.07) is 0. The summed E-state index contributed by atoms with van der Waals surface area (Å²) in [6.07, 6.45) is 10.0. The summed E-state index contributed by atoms with van der Waals surface area (Å²) in [4.78, 5) is 9.89. The van der Waals surface area contributed by atoms with Gasteiger partial charge < -0.3 is 10.0 Å². The third-order valence-corrected chi connectivity index (χ3v) is 2.11. The number of rotatable bonds is 10. The normalized spacial score (nSPS) is 9.92. The summed E-state index contributed by atoms with van der Waals surface area (Å²) in [7, 11) is 1.47. The Balaban J connectivity index is 2.79. The van der Waals surface area contributed by atoms with Crippen LogP contribution in [-0.4, -0.2) is 20.1 Å². The van der Waals surface area contributed by atoms with Crippen LogP contribution in [0.5, 0.6) is 0 Å². The highest BCUT2D eigenvalue weighted by molar-refractivity contribution is 6.64. The van der Waals surface area contributed by atoms with E-state index < -0.39 is 0 Å². The van der Waals surface area contributed by atoms with E-state index in [9.17, 15) is 4.79 Å². The van der Waals surface area contributed by atoms with Crippen molar-refractivity contribution in [2.75, 3.05) is 6.54 Å². The zero-order valence-corrected chi connectivity index (χ0v) is 8.72. The molecule has 0 aromatic heterocycles. The van der Waals surface area contributed by atoms with Gasteiger partial charge in [0, 0.05) is 0 Å². The molecule has 3 heteroatoms. The molecule has 1 N–H and O–H groups in total. The molecule has 0 aliphatic rings. The van der Waals surface area contributed by atoms with Crippen LogP contribution in [-0.2, 0) is 4.79 Å². The summed E-state index contributed by atoms with van der Waals surface area (Å²) in [5.41, 5.74) is 0. The fourth-order valence-electron chi connectivity index (χ4n) is 1.32. The van der Waals surface area contributed by atoms with Gasteiger partial charge >= 0.3 is 0 Å². The maximum Gasteiger partial charge on any atom is 0.290 e. The minimum absolute atomic E-state index is 0.793. The van der Waals surface area contributed by atoms with Gasteiger partial charge in [0.25, 0.3) is 7.41 Å². The SMILES string of the molecule is CCCCCCCCCN[B]C=O. The quantitative estimate of drug-likeness (QED) is 0.318. The van der Waals surface area contributed by atoms with Crippen LogP contribution in [0, 0.1) is 0 Å². The molecule has 0 aromatic carbocycles. The van der Waals surface area contributed by atoms with E-state index in [4.69, 9.17) is 0 Å². The van der Waals surface area contributed by atoms with Gasteiger partial charge in [-0.2, -0.15) is 0 Å². The van der Waals surface area contributed by atoms with Gasteiger partial charge in [-0.05, 0) is 13.0 Å². The first kappa shape index (κ1) is 12.7. The zero-order valence-electron chi connectivity index (χ0n) is 8.72. The van der Waals surface area contributed by atoms with E-state index in [0.717, 1.165) is 12.7 Å². The molecule has 0 amide bonds. The van der Waals surface area contributed by atoms with Gasteiger partial charge in [0.2, 0.25) is 0 Å². The Kier molecular flexibility index (Phi) is 11.4. The summed E-state index contributed by atoms with van der Waals surface area (Å²) in [6.45, 7) is 3.17. The van der Waals surface area contributed by atoms with Crippen molar-refractivity contribution in [3.05, 3.63) is 0 Å². The summed E-state index contributed by atoms with van der Waals surface area (Å²) < 4.78 is 0. The van der Waals surface area contributed by atoms with Crippen molar-refractivity contribution in [1.82, 2.24) is 5.23 Å². The van der Waals surface area contributed by atoms with Gasteiger partial charge in [0.05, 0.1) is 6.19 Å². The smallest absolute Gasteiger partial charge is 0.290 e. The number of hydrogen-bond acceptors (Lipinski definition) is 2. The van der Waals surface area contributed by atoms with Gasteiger partial charge in [-0.15, -0.1) is 0 Å². The molecule has 0 atom stereocenters. The van der Waals surface area contributed by atoms with Gasteiger partial charge in [0.1, 0.15) is 0 Å². The molecule has 0 aliphatic heterocycles. The average Bonchev–Trinajstić information content (AvgIpc) is 2.16. The Labute approximate surface area is 82.7 Å². The molecule has 2 nitrogen and oxygen atoms in total. The second-order valence-electron chi connectivity index (χ2n) is 3.38. The van der Waals surface area contributed by atoms with Crippen LogP contribution in [0.4, 0.5) is 0 Å². The summed E-state index contributed by atoms with van der Waals surface area (Å²) in [5, 5.41) is 2.94. The van der Waals surface area contributed by atoms with Crippen LogP contribution in [0.2, 0.25) is 0 Å². The monoisotopic (exact) mass is 182 g/mol. The highest BCUT2D eigenvalue weighted by Crippen LogP contribution is 2.05. The third-order valence-electron chi connectivity index (χ3n) is 2.11. The molecular weight excluding hydrogens is 161 g/mol. The van der Waals surface area contributed by atoms with Gasteiger partial charge in [-0.3, -0.25) is 0 Å². The maximum absolute atomic E-state index is 9.89.